The summed E-state index contributed by atoms with van der Waals surface area (Å²) in [7, 11) is 0. The van der Waals surface area contributed by atoms with E-state index in [-0.39, 0.29) is 11.7 Å². The van der Waals surface area contributed by atoms with Crippen molar-refractivity contribution in [2.75, 3.05) is 6.54 Å². The number of pyridine rings is 1. The molecule has 0 bridgehead atoms. The quantitative estimate of drug-likeness (QED) is 0.793. The summed E-state index contributed by atoms with van der Waals surface area (Å²) in [6, 6.07) is 12.3. The van der Waals surface area contributed by atoms with Crippen molar-refractivity contribution < 1.29 is 4.39 Å². The number of rotatable bonds is 3. The predicted octanol–water partition coefficient (Wildman–Crippen LogP) is 3.20. The molecule has 1 unspecified atom stereocenters. The Kier molecular flexibility index (Phi) is 3.24. The number of imidazole rings is 1. The third kappa shape index (κ3) is 2.08. The average molecular weight is 269 g/mol. The summed E-state index contributed by atoms with van der Waals surface area (Å²) in [5, 5.41) is 0. The van der Waals surface area contributed by atoms with Gasteiger partial charge in [0.05, 0.1) is 11.4 Å². The van der Waals surface area contributed by atoms with E-state index in [0.717, 1.165) is 22.6 Å². The van der Waals surface area contributed by atoms with E-state index in [1.54, 1.807) is 12.1 Å². The van der Waals surface area contributed by atoms with E-state index in [9.17, 15) is 4.39 Å². The average Bonchev–Trinajstić information content (AvgIpc) is 2.86. The van der Waals surface area contributed by atoms with Crippen molar-refractivity contribution in [2.24, 2.45) is 5.73 Å². The third-order valence-electron chi connectivity index (χ3n) is 3.50. The number of aromatic nitrogens is 2. The van der Waals surface area contributed by atoms with Crippen LogP contribution in [0, 0.1) is 5.82 Å². The van der Waals surface area contributed by atoms with E-state index in [1.165, 1.54) is 12.1 Å². The van der Waals surface area contributed by atoms with Gasteiger partial charge in [0, 0.05) is 24.2 Å². The number of halogens is 1. The molecule has 0 aliphatic rings. The number of fused-ring (bicyclic) bond motifs is 1. The highest BCUT2D eigenvalue weighted by Crippen LogP contribution is 2.29. The number of hydrogen-bond acceptors (Lipinski definition) is 2. The van der Waals surface area contributed by atoms with E-state index in [0.29, 0.717) is 6.54 Å². The lowest BCUT2D eigenvalue weighted by Gasteiger charge is -2.11. The molecule has 1 aromatic carbocycles. The summed E-state index contributed by atoms with van der Waals surface area (Å²) in [5.74, 6) is -0.0709. The van der Waals surface area contributed by atoms with Crippen molar-refractivity contribution in [1.82, 2.24) is 9.38 Å². The summed E-state index contributed by atoms with van der Waals surface area (Å²) >= 11 is 0. The summed E-state index contributed by atoms with van der Waals surface area (Å²) in [6.45, 7) is 2.61. The Hall–Kier alpha value is -2.20. The Morgan fingerprint density at radius 3 is 2.65 bits per heavy atom. The van der Waals surface area contributed by atoms with Crippen molar-refractivity contribution in [2.45, 2.75) is 12.8 Å². The Labute approximate surface area is 116 Å². The predicted molar refractivity (Wildman–Crippen MR) is 78.1 cm³/mol. The lowest BCUT2D eigenvalue weighted by Crippen LogP contribution is -2.12. The van der Waals surface area contributed by atoms with Crippen molar-refractivity contribution in [1.29, 1.82) is 0 Å². The largest absolute Gasteiger partial charge is 0.330 e. The maximum absolute atomic E-state index is 13.1. The fourth-order valence-corrected chi connectivity index (χ4v) is 2.42. The zero-order valence-corrected chi connectivity index (χ0v) is 11.3. The standard InChI is InChI=1S/C16H16FN3/c1-11(10-18)16-15(12-5-7-13(17)8-6-12)19-14-4-2-3-9-20(14)16/h2-9,11H,10,18H2,1H3. The molecule has 0 fully saturated rings. The molecule has 0 radical (unpaired) electrons. The number of hydrogen-bond donors (Lipinski definition) is 1. The molecule has 20 heavy (non-hydrogen) atoms. The van der Waals surface area contributed by atoms with E-state index in [1.807, 2.05) is 24.4 Å². The van der Waals surface area contributed by atoms with Crippen molar-refractivity contribution in [3.05, 3.63) is 60.2 Å². The molecule has 3 aromatic rings. The first kappa shape index (κ1) is 12.8. The van der Waals surface area contributed by atoms with Gasteiger partial charge >= 0.3 is 0 Å². The Morgan fingerprint density at radius 2 is 1.95 bits per heavy atom. The first-order valence-electron chi connectivity index (χ1n) is 6.63. The van der Waals surface area contributed by atoms with E-state index in [4.69, 9.17) is 5.73 Å². The van der Waals surface area contributed by atoms with Crippen LogP contribution in [-0.4, -0.2) is 15.9 Å². The van der Waals surface area contributed by atoms with E-state index in [2.05, 4.69) is 16.3 Å². The fourth-order valence-electron chi connectivity index (χ4n) is 2.42. The molecule has 1 atom stereocenters. The molecular weight excluding hydrogens is 253 g/mol. The van der Waals surface area contributed by atoms with Crippen LogP contribution in [0.2, 0.25) is 0 Å². The normalized spacial score (nSPS) is 12.8. The lowest BCUT2D eigenvalue weighted by molar-refractivity contribution is 0.628. The molecule has 3 rings (SSSR count). The summed E-state index contributed by atoms with van der Waals surface area (Å²) in [5.41, 5.74) is 9.54. The topological polar surface area (TPSA) is 43.3 Å². The van der Waals surface area contributed by atoms with E-state index < -0.39 is 0 Å². The van der Waals surface area contributed by atoms with E-state index >= 15 is 0 Å². The first-order valence-corrected chi connectivity index (χ1v) is 6.63. The van der Waals surface area contributed by atoms with Crippen LogP contribution in [0.25, 0.3) is 16.9 Å². The molecule has 0 spiro atoms. The van der Waals surface area contributed by atoms with Crippen LogP contribution in [0.4, 0.5) is 4.39 Å². The lowest BCUT2D eigenvalue weighted by atomic mass is 10.0. The smallest absolute Gasteiger partial charge is 0.137 e. The first-order chi connectivity index (χ1) is 9.70. The van der Waals surface area contributed by atoms with Crippen LogP contribution in [0.15, 0.2) is 48.7 Å². The highest BCUT2D eigenvalue weighted by molar-refractivity contribution is 5.67. The highest BCUT2D eigenvalue weighted by Gasteiger charge is 2.18. The monoisotopic (exact) mass is 269 g/mol. The van der Waals surface area contributed by atoms with Crippen LogP contribution >= 0.6 is 0 Å². The van der Waals surface area contributed by atoms with Crippen LogP contribution in [0.3, 0.4) is 0 Å². The Balaban J connectivity index is 2.26. The van der Waals surface area contributed by atoms with Crippen LogP contribution in [0.5, 0.6) is 0 Å². The number of nitrogens with two attached hydrogens (primary N) is 1. The summed E-state index contributed by atoms with van der Waals surface area (Å²) < 4.78 is 15.1. The molecule has 0 aliphatic carbocycles. The molecule has 2 heterocycles. The maximum Gasteiger partial charge on any atom is 0.137 e. The second-order valence-electron chi connectivity index (χ2n) is 4.92. The van der Waals surface area contributed by atoms with Crippen molar-refractivity contribution >= 4 is 5.65 Å². The Bertz CT molecular complexity index is 731. The van der Waals surface area contributed by atoms with Gasteiger partial charge in [0.1, 0.15) is 11.5 Å². The van der Waals surface area contributed by atoms with Gasteiger partial charge in [0.15, 0.2) is 0 Å². The molecule has 0 saturated carbocycles. The fraction of sp³-hybridized carbons (Fsp3) is 0.188. The molecule has 0 saturated heterocycles. The summed E-state index contributed by atoms with van der Waals surface area (Å²) in [4.78, 5) is 4.67. The molecule has 0 aliphatic heterocycles. The molecular formula is C16H16FN3. The minimum absolute atomic E-state index is 0.174. The maximum atomic E-state index is 13.1. The highest BCUT2D eigenvalue weighted by atomic mass is 19.1. The van der Waals surface area contributed by atoms with Crippen molar-refractivity contribution in [3.63, 3.8) is 0 Å². The molecule has 0 amide bonds. The number of benzene rings is 1. The zero-order valence-electron chi connectivity index (χ0n) is 11.3. The Morgan fingerprint density at radius 1 is 1.20 bits per heavy atom. The van der Waals surface area contributed by atoms with Crippen LogP contribution < -0.4 is 5.73 Å². The molecule has 3 nitrogen and oxygen atoms in total. The van der Waals surface area contributed by atoms with Gasteiger partial charge in [-0.25, -0.2) is 9.37 Å². The van der Waals surface area contributed by atoms with Gasteiger partial charge in [-0.1, -0.05) is 13.0 Å². The van der Waals surface area contributed by atoms with Gasteiger partial charge < -0.3 is 10.1 Å². The van der Waals surface area contributed by atoms with Gasteiger partial charge in [-0.05, 0) is 36.4 Å². The third-order valence-corrected chi connectivity index (χ3v) is 3.50. The molecule has 2 N–H and O–H groups in total. The number of nitrogens with zero attached hydrogens (tertiary/aromatic N) is 2. The minimum atomic E-state index is -0.245. The molecule has 4 heteroatoms. The van der Waals surface area contributed by atoms with Gasteiger partial charge in [-0.3, -0.25) is 0 Å². The molecule has 102 valence electrons. The van der Waals surface area contributed by atoms with Gasteiger partial charge in [-0.2, -0.15) is 0 Å². The second-order valence-corrected chi connectivity index (χ2v) is 4.92. The zero-order chi connectivity index (χ0) is 14.1. The van der Waals surface area contributed by atoms with Crippen LogP contribution in [-0.2, 0) is 0 Å². The second kappa shape index (κ2) is 5.06. The van der Waals surface area contributed by atoms with Crippen molar-refractivity contribution in [3.8, 4) is 11.3 Å². The van der Waals surface area contributed by atoms with Gasteiger partial charge in [-0.15, -0.1) is 0 Å². The van der Waals surface area contributed by atoms with Crippen LogP contribution in [0.1, 0.15) is 18.5 Å². The molecule has 2 aromatic heterocycles. The minimum Gasteiger partial charge on any atom is -0.330 e. The summed E-state index contributed by atoms with van der Waals surface area (Å²) in [6.07, 6.45) is 1.98. The van der Waals surface area contributed by atoms with Gasteiger partial charge in [0.2, 0.25) is 0 Å². The SMILES string of the molecule is CC(CN)c1c(-c2ccc(F)cc2)nc2ccccn12. The van der Waals surface area contributed by atoms with Gasteiger partial charge in [0.25, 0.3) is 0 Å².